The Morgan fingerprint density at radius 1 is 1.24 bits per heavy atom. The molecule has 12 heteroatoms. The summed E-state index contributed by atoms with van der Waals surface area (Å²) in [5, 5.41) is 12.6. The Kier molecular flexibility index (Phi) is 6.13. The summed E-state index contributed by atoms with van der Waals surface area (Å²) in [7, 11) is 0. The van der Waals surface area contributed by atoms with Gasteiger partial charge < -0.3 is 20.3 Å². The number of aromatic nitrogens is 4. The molecule has 4 rings (SSSR count). The number of alkyl halides is 3. The maximum atomic E-state index is 13.8. The SMILES string of the molecule is Nc1ncc2c(F)cc(-c3ccc(OC(F)(F)F)cn3)n2n1.OC1CCCOC1. The third-order valence-corrected chi connectivity index (χ3v) is 3.85. The van der Waals surface area contributed by atoms with E-state index in [2.05, 4.69) is 19.8 Å². The van der Waals surface area contributed by atoms with Crippen LogP contribution in [0.5, 0.6) is 5.75 Å². The number of nitrogen functional groups attached to an aromatic ring is 1. The van der Waals surface area contributed by atoms with Crippen molar-refractivity contribution in [3.8, 4) is 17.1 Å². The number of ether oxygens (including phenoxy) is 2. The minimum atomic E-state index is -4.81. The predicted octanol–water partition coefficient (Wildman–Crippen LogP) is 2.57. The molecule has 0 aromatic carbocycles. The first-order chi connectivity index (χ1) is 13.7. The lowest BCUT2D eigenvalue weighted by molar-refractivity contribution is -0.274. The number of hydrogen-bond acceptors (Lipinski definition) is 7. The maximum Gasteiger partial charge on any atom is 0.573 e. The molecule has 0 radical (unpaired) electrons. The normalized spacial score (nSPS) is 16.9. The first-order valence-corrected chi connectivity index (χ1v) is 8.50. The van der Waals surface area contributed by atoms with Gasteiger partial charge in [0.15, 0.2) is 5.82 Å². The number of aliphatic hydroxyl groups excluding tert-OH is 1. The molecular weight excluding hydrogens is 398 g/mol. The first-order valence-electron chi connectivity index (χ1n) is 8.50. The van der Waals surface area contributed by atoms with Gasteiger partial charge in [0.2, 0.25) is 5.95 Å². The summed E-state index contributed by atoms with van der Waals surface area (Å²) in [5.41, 5.74) is 5.94. The average Bonchev–Trinajstić information content (AvgIpc) is 2.98. The van der Waals surface area contributed by atoms with Gasteiger partial charge in [-0.3, -0.25) is 4.98 Å². The molecule has 1 fully saturated rings. The molecule has 3 N–H and O–H groups in total. The van der Waals surface area contributed by atoms with Crippen molar-refractivity contribution in [3.05, 3.63) is 36.4 Å². The van der Waals surface area contributed by atoms with Crippen molar-refractivity contribution in [3.63, 3.8) is 0 Å². The molecule has 8 nitrogen and oxygen atoms in total. The molecule has 4 heterocycles. The average molecular weight is 415 g/mol. The number of aliphatic hydroxyl groups is 1. The summed E-state index contributed by atoms with van der Waals surface area (Å²) in [6.45, 7) is 1.37. The molecule has 1 aliphatic heterocycles. The minimum Gasteiger partial charge on any atom is -0.404 e. The Balaban J connectivity index is 0.000000290. The molecule has 3 aromatic rings. The van der Waals surface area contributed by atoms with E-state index < -0.39 is 17.9 Å². The van der Waals surface area contributed by atoms with Crippen LogP contribution in [0.2, 0.25) is 0 Å². The Labute approximate surface area is 161 Å². The van der Waals surface area contributed by atoms with Crippen LogP contribution in [0.3, 0.4) is 0 Å². The van der Waals surface area contributed by atoms with Gasteiger partial charge in [-0.05, 0) is 25.0 Å². The van der Waals surface area contributed by atoms with Crippen molar-refractivity contribution < 1.29 is 32.1 Å². The van der Waals surface area contributed by atoms with Gasteiger partial charge >= 0.3 is 6.36 Å². The summed E-state index contributed by atoms with van der Waals surface area (Å²) in [6.07, 6.45) is -0.985. The van der Waals surface area contributed by atoms with Crippen LogP contribution in [0, 0.1) is 5.82 Å². The Morgan fingerprint density at radius 3 is 2.59 bits per heavy atom. The summed E-state index contributed by atoms with van der Waals surface area (Å²) < 4.78 is 59.9. The highest BCUT2D eigenvalue weighted by molar-refractivity contribution is 5.64. The van der Waals surface area contributed by atoms with Crippen molar-refractivity contribution in [2.45, 2.75) is 25.3 Å². The van der Waals surface area contributed by atoms with E-state index in [1.165, 1.54) is 16.8 Å². The van der Waals surface area contributed by atoms with Gasteiger partial charge in [0.25, 0.3) is 0 Å². The second kappa shape index (κ2) is 8.57. The highest BCUT2D eigenvalue weighted by Gasteiger charge is 2.31. The highest BCUT2D eigenvalue weighted by Crippen LogP contribution is 2.26. The summed E-state index contributed by atoms with van der Waals surface area (Å²) >= 11 is 0. The van der Waals surface area contributed by atoms with Crippen molar-refractivity contribution in [2.75, 3.05) is 18.9 Å². The van der Waals surface area contributed by atoms with Gasteiger partial charge in [0, 0.05) is 12.7 Å². The zero-order valence-electron chi connectivity index (χ0n) is 14.9. The van der Waals surface area contributed by atoms with E-state index in [1.807, 2.05) is 0 Å². The van der Waals surface area contributed by atoms with E-state index in [-0.39, 0.29) is 29.0 Å². The zero-order valence-corrected chi connectivity index (χ0v) is 14.9. The Hall–Kier alpha value is -2.99. The van der Waals surface area contributed by atoms with E-state index in [0.717, 1.165) is 37.8 Å². The second-order valence-corrected chi connectivity index (χ2v) is 6.09. The molecule has 0 bridgehead atoms. The number of anilines is 1. The topological polar surface area (TPSA) is 108 Å². The van der Waals surface area contributed by atoms with E-state index in [0.29, 0.717) is 6.61 Å². The summed E-state index contributed by atoms with van der Waals surface area (Å²) in [4.78, 5) is 7.48. The number of rotatable bonds is 2. The van der Waals surface area contributed by atoms with Crippen LogP contribution < -0.4 is 10.5 Å². The quantitative estimate of drug-likeness (QED) is 0.620. The van der Waals surface area contributed by atoms with Crippen LogP contribution in [-0.4, -0.2) is 50.4 Å². The fourth-order valence-corrected chi connectivity index (χ4v) is 2.60. The van der Waals surface area contributed by atoms with Gasteiger partial charge in [0.1, 0.15) is 11.3 Å². The first kappa shape index (κ1) is 20.7. The number of hydrogen-bond donors (Lipinski definition) is 2. The fourth-order valence-electron chi connectivity index (χ4n) is 2.60. The standard InChI is InChI=1S/C12H7F4N5O.C5H10O2/c13-7-3-9(21-10(7)5-19-11(17)20-21)8-2-1-6(4-18-8)22-12(14,15)16;6-5-2-1-3-7-4-5/h1-5H,(H2,17,20);5-6H,1-4H2. The molecule has 1 saturated heterocycles. The lowest BCUT2D eigenvalue weighted by Gasteiger charge is -2.15. The van der Waals surface area contributed by atoms with Crippen molar-refractivity contribution in [2.24, 2.45) is 0 Å². The Morgan fingerprint density at radius 2 is 2.03 bits per heavy atom. The number of pyridine rings is 1. The molecule has 0 spiro atoms. The monoisotopic (exact) mass is 415 g/mol. The largest absolute Gasteiger partial charge is 0.573 e. The van der Waals surface area contributed by atoms with Gasteiger partial charge in [0.05, 0.1) is 36.5 Å². The molecular formula is C17H17F4N5O3. The zero-order chi connectivity index (χ0) is 21.0. The fraction of sp³-hybridized carbons (Fsp3) is 0.353. The second-order valence-electron chi connectivity index (χ2n) is 6.09. The van der Waals surface area contributed by atoms with Gasteiger partial charge in [-0.25, -0.2) is 13.9 Å². The van der Waals surface area contributed by atoms with Crippen LogP contribution in [0.4, 0.5) is 23.5 Å². The third kappa shape index (κ3) is 5.51. The maximum absolute atomic E-state index is 13.8. The summed E-state index contributed by atoms with van der Waals surface area (Å²) in [5.74, 6) is -1.17. The van der Waals surface area contributed by atoms with Crippen molar-refractivity contribution in [1.82, 2.24) is 19.6 Å². The van der Waals surface area contributed by atoms with E-state index >= 15 is 0 Å². The number of halogens is 4. The van der Waals surface area contributed by atoms with Crippen molar-refractivity contribution >= 4 is 11.5 Å². The van der Waals surface area contributed by atoms with Gasteiger partial charge in [-0.15, -0.1) is 18.3 Å². The molecule has 0 amide bonds. The molecule has 0 aliphatic carbocycles. The van der Waals surface area contributed by atoms with Crippen LogP contribution >= 0.6 is 0 Å². The van der Waals surface area contributed by atoms with Gasteiger partial charge in [-0.1, -0.05) is 0 Å². The molecule has 1 aliphatic rings. The minimum absolute atomic E-state index is 0.0709. The smallest absolute Gasteiger partial charge is 0.404 e. The number of fused-ring (bicyclic) bond motifs is 1. The lowest BCUT2D eigenvalue weighted by Crippen LogP contribution is -2.21. The molecule has 29 heavy (non-hydrogen) atoms. The predicted molar refractivity (Wildman–Crippen MR) is 93.3 cm³/mol. The van der Waals surface area contributed by atoms with Crippen LogP contribution in [0.1, 0.15) is 12.8 Å². The van der Waals surface area contributed by atoms with E-state index in [9.17, 15) is 17.6 Å². The van der Waals surface area contributed by atoms with E-state index in [4.69, 9.17) is 15.6 Å². The molecule has 3 aromatic heterocycles. The highest BCUT2D eigenvalue weighted by atomic mass is 19.4. The number of nitrogens with two attached hydrogens (primary N) is 1. The molecule has 1 unspecified atom stereocenters. The Bertz CT molecular complexity index is 956. The van der Waals surface area contributed by atoms with E-state index in [1.54, 1.807) is 0 Å². The van der Waals surface area contributed by atoms with Crippen LogP contribution in [-0.2, 0) is 4.74 Å². The third-order valence-electron chi connectivity index (χ3n) is 3.85. The van der Waals surface area contributed by atoms with Gasteiger partial charge in [-0.2, -0.15) is 0 Å². The number of nitrogens with zero attached hydrogens (tertiary/aromatic N) is 4. The summed E-state index contributed by atoms with van der Waals surface area (Å²) in [6, 6.07) is 3.45. The molecule has 1 atom stereocenters. The van der Waals surface area contributed by atoms with Crippen LogP contribution in [0.15, 0.2) is 30.6 Å². The van der Waals surface area contributed by atoms with Crippen molar-refractivity contribution in [1.29, 1.82) is 0 Å². The van der Waals surface area contributed by atoms with Crippen LogP contribution in [0.25, 0.3) is 16.9 Å². The molecule has 0 saturated carbocycles. The lowest BCUT2D eigenvalue weighted by atomic mass is 10.2. The molecule has 156 valence electrons.